The van der Waals surface area contributed by atoms with Crippen LogP contribution in [-0.4, -0.2) is 30.9 Å². The highest BCUT2D eigenvalue weighted by Gasteiger charge is 2.10. The Bertz CT molecular complexity index is 430. The Hall–Kier alpha value is -1.16. The summed E-state index contributed by atoms with van der Waals surface area (Å²) in [5.41, 5.74) is 2.71. The maximum atomic E-state index is 9.93. The van der Waals surface area contributed by atoms with E-state index < -0.39 is 6.10 Å². The number of benzene rings is 1. The molecule has 3 nitrogen and oxygen atoms in total. The van der Waals surface area contributed by atoms with Crippen molar-refractivity contribution < 1.29 is 9.84 Å². The number of hydrogen-bond acceptors (Lipinski definition) is 3. The van der Waals surface area contributed by atoms with Crippen LogP contribution in [0.25, 0.3) is 0 Å². The molecular formula is C18H27NO2. The van der Waals surface area contributed by atoms with Gasteiger partial charge in [0.1, 0.15) is 0 Å². The first-order valence-corrected chi connectivity index (χ1v) is 7.99. The average molecular weight is 289 g/mol. The lowest BCUT2D eigenvalue weighted by molar-refractivity contribution is -0.00192. The van der Waals surface area contributed by atoms with Crippen LogP contribution in [0, 0.1) is 0 Å². The van der Waals surface area contributed by atoms with Gasteiger partial charge in [0.15, 0.2) is 0 Å². The van der Waals surface area contributed by atoms with E-state index in [0.29, 0.717) is 13.2 Å². The predicted molar refractivity (Wildman–Crippen MR) is 86.2 cm³/mol. The molecule has 2 unspecified atom stereocenters. The number of aliphatic hydroxyl groups is 1. The Morgan fingerprint density at radius 3 is 2.81 bits per heavy atom. The van der Waals surface area contributed by atoms with Crippen LogP contribution in [0.2, 0.25) is 0 Å². The van der Waals surface area contributed by atoms with Crippen molar-refractivity contribution >= 4 is 0 Å². The summed E-state index contributed by atoms with van der Waals surface area (Å²) < 4.78 is 5.72. The molecule has 1 aliphatic carbocycles. The molecule has 0 aliphatic heterocycles. The van der Waals surface area contributed by atoms with E-state index in [0.717, 1.165) is 18.5 Å². The van der Waals surface area contributed by atoms with Gasteiger partial charge in [-0.25, -0.2) is 0 Å². The first-order valence-electron chi connectivity index (χ1n) is 7.99. The highest BCUT2D eigenvalue weighted by Crippen LogP contribution is 2.19. The topological polar surface area (TPSA) is 41.5 Å². The first-order chi connectivity index (χ1) is 10.3. The maximum absolute atomic E-state index is 9.93. The Morgan fingerprint density at radius 2 is 2.10 bits per heavy atom. The standard InChI is InChI=1S/C18H27NO2/c1-15(17-9-3-2-4-10-17)21-14-18(20)13-19-12-11-16-7-5-6-8-16/h2-4,7,9-10,15,18-20H,5-6,8,11-14H2,1H3. The minimum Gasteiger partial charge on any atom is -0.389 e. The lowest BCUT2D eigenvalue weighted by Crippen LogP contribution is -2.31. The van der Waals surface area contributed by atoms with Gasteiger partial charge < -0.3 is 15.2 Å². The van der Waals surface area contributed by atoms with Gasteiger partial charge in [0.05, 0.1) is 18.8 Å². The third-order valence-electron chi connectivity index (χ3n) is 3.95. The number of aliphatic hydroxyl groups excluding tert-OH is 1. The number of allylic oxidation sites excluding steroid dienone is 1. The molecule has 0 amide bonds. The molecule has 0 radical (unpaired) electrons. The molecule has 1 aromatic rings. The Morgan fingerprint density at radius 1 is 1.29 bits per heavy atom. The van der Waals surface area contributed by atoms with Gasteiger partial charge in [-0.3, -0.25) is 0 Å². The number of ether oxygens (including phenoxy) is 1. The van der Waals surface area contributed by atoms with E-state index >= 15 is 0 Å². The SMILES string of the molecule is CC(OCC(O)CNCCC1=CCCC1)c1ccccc1. The average Bonchev–Trinajstić information content (AvgIpc) is 3.03. The molecular weight excluding hydrogens is 262 g/mol. The van der Waals surface area contributed by atoms with Gasteiger partial charge in [-0.2, -0.15) is 0 Å². The zero-order chi connectivity index (χ0) is 14.9. The van der Waals surface area contributed by atoms with E-state index in [1.807, 2.05) is 37.3 Å². The molecule has 2 N–H and O–H groups in total. The lowest BCUT2D eigenvalue weighted by atomic mass is 10.1. The Labute approximate surface area is 128 Å². The second kappa shape index (κ2) is 8.98. The third kappa shape index (κ3) is 6.00. The maximum Gasteiger partial charge on any atom is 0.0897 e. The van der Waals surface area contributed by atoms with Crippen LogP contribution in [0.5, 0.6) is 0 Å². The van der Waals surface area contributed by atoms with Crippen LogP contribution in [0.4, 0.5) is 0 Å². The van der Waals surface area contributed by atoms with Crippen LogP contribution in [0.1, 0.15) is 44.3 Å². The molecule has 0 saturated heterocycles. The van der Waals surface area contributed by atoms with Crippen molar-refractivity contribution in [2.45, 2.75) is 44.8 Å². The van der Waals surface area contributed by atoms with Gasteiger partial charge >= 0.3 is 0 Å². The van der Waals surface area contributed by atoms with Gasteiger partial charge in [0.2, 0.25) is 0 Å². The fraction of sp³-hybridized carbons (Fsp3) is 0.556. The summed E-state index contributed by atoms with van der Waals surface area (Å²) in [6, 6.07) is 10.1. The van der Waals surface area contributed by atoms with Crippen LogP contribution >= 0.6 is 0 Å². The van der Waals surface area contributed by atoms with Crippen LogP contribution in [-0.2, 0) is 4.74 Å². The first kappa shape index (κ1) is 16.2. The zero-order valence-corrected chi connectivity index (χ0v) is 12.9. The smallest absolute Gasteiger partial charge is 0.0897 e. The van der Waals surface area contributed by atoms with Crippen molar-refractivity contribution in [3.63, 3.8) is 0 Å². The summed E-state index contributed by atoms with van der Waals surface area (Å²) in [6.45, 7) is 3.92. The minimum atomic E-state index is -0.450. The van der Waals surface area contributed by atoms with Crippen LogP contribution in [0.3, 0.4) is 0 Å². The largest absolute Gasteiger partial charge is 0.389 e. The molecule has 0 spiro atoms. The molecule has 0 saturated carbocycles. The molecule has 1 aromatic carbocycles. The normalized spacial score (nSPS) is 17.5. The summed E-state index contributed by atoms with van der Waals surface area (Å²) in [7, 11) is 0. The number of rotatable bonds is 9. The van der Waals surface area contributed by atoms with E-state index in [9.17, 15) is 5.11 Å². The van der Waals surface area contributed by atoms with Crippen molar-refractivity contribution in [3.8, 4) is 0 Å². The van der Waals surface area contributed by atoms with Gasteiger partial charge in [-0.1, -0.05) is 42.0 Å². The highest BCUT2D eigenvalue weighted by atomic mass is 16.5. The van der Waals surface area contributed by atoms with Gasteiger partial charge in [0.25, 0.3) is 0 Å². The fourth-order valence-corrected chi connectivity index (χ4v) is 2.62. The number of hydrogen-bond donors (Lipinski definition) is 2. The zero-order valence-electron chi connectivity index (χ0n) is 12.9. The Balaban J connectivity index is 1.55. The van der Waals surface area contributed by atoms with Gasteiger partial charge in [-0.15, -0.1) is 0 Å². The predicted octanol–water partition coefficient (Wildman–Crippen LogP) is 3.22. The molecule has 21 heavy (non-hydrogen) atoms. The second-order valence-electron chi connectivity index (χ2n) is 5.75. The number of nitrogens with one attached hydrogen (secondary N) is 1. The van der Waals surface area contributed by atoms with Crippen molar-refractivity contribution in [1.29, 1.82) is 0 Å². The molecule has 116 valence electrons. The van der Waals surface area contributed by atoms with Crippen LogP contribution in [0.15, 0.2) is 42.0 Å². The molecule has 0 heterocycles. The van der Waals surface area contributed by atoms with E-state index in [2.05, 4.69) is 11.4 Å². The van der Waals surface area contributed by atoms with Gasteiger partial charge in [0, 0.05) is 6.54 Å². The minimum absolute atomic E-state index is 0.0181. The second-order valence-corrected chi connectivity index (χ2v) is 5.75. The van der Waals surface area contributed by atoms with Crippen molar-refractivity contribution in [2.75, 3.05) is 19.7 Å². The van der Waals surface area contributed by atoms with Crippen molar-refractivity contribution in [2.24, 2.45) is 0 Å². The van der Waals surface area contributed by atoms with E-state index in [1.165, 1.54) is 19.3 Å². The monoisotopic (exact) mass is 289 g/mol. The molecule has 2 atom stereocenters. The molecule has 1 aliphatic rings. The summed E-state index contributed by atoms with van der Waals surface area (Å²) >= 11 is 0. The van der Waals surface area contributed by atoms with Crippen molar-refractivity contribution in [3.05, 3.63) is 47.5 Å². The van der Waals surface area contributed by atoms with E-state index in [-0.39, 0.29) is 6.10 Å². The summed E-state index contributed by atoms with van der Waals surface area (Å²) in [6.07, 6.45) is 6.82. The third-order valence-corrected chi connectivity index (χ3v) is 3.95. The van der Waals surface area contributed by atoms with Gasteiger partial charge in [-0.05, 0) is 44.7 Å². The fourth-order valence-electron chi connectivity index (χ4n) is 2.62. The molecule has 3 heteroatoms. The van der Waals surface area contributed by atoms with E-state index in [4.69, 9.17) is 4.74 Å². The van der Waals surface area contributed by atoms with E-state index in [1.54, 1.807) is 5.57 Å². The lowest BCUT2D eigenvalue weighted by Gasteiger charge is -2.17. The quantitative estimate of drug-likeness (QED) is 0.542. The van der Waals surface area contributed by atoms with Crippen molar-refractivity contribution in [1.82, 2.24) is 5.32 Å². The molecule has 0 bridgehead atoms. The van der Waals surface area contributed by atoms with Crippen LogP contribution < -0.4 is 5.32 Å². The molecule has 0 fully saturated rings. The Kier molecular flexibility index (Phi) is 6.93. The summed E-state index contributed by atoms with van der Waals surface area (Å²) in [5.74, 6) is 0. The molecule has 2 rings (SSSR count). The summed E-state index contributed by atoms with van der Waals surface area (Å²) in [5, 5.41) is 13.2. The highest BCUT2D eigenvalue weighted by molar-refractivity contribution is 5.16. The molecule has 0 aromatic heterocycles. The summed E-state index contributed by atoms with van der Waals surface area (Å²) in [4.78, 5) is 0.